The molecule has 3 N–H and O–H groups in total. The van der Waals surface area contributed by atoms with Crippen LogP contribution >= 0.6 is 11.3 Å². The molecule has 0 unspecified atom stereocenters. The van der Waals surface area contributed by atoms with Gasteiger partial charge in [-0.25, -0.2) is 13.8 Å². The molecule has 5 aromatic rings. The second-order valence-corrected chi connectivity index (χ2v) is 13.2. The summed E-state index contributed by atoms with van der Waals surface area (Å²) in [6, 6.07) is 5.81. The van der Waals surface area contributed by atoms with Crippen molar-refractivity contribution in [2.24, 2.45) is 0 Å². The van der Waals surface area contributed by atoms with Crippen LogP contribution in [0.4, 0.5) is 20.4 Å². The first kappa shape index (κ1) is 28.1. The van der Waals surface area contributed by atoms with Gasteiger partial charge in [0.2, 0.25) is 11.8 Å². The Hall–Kier alpha value is -3.73. The summed E-state index contributed by atoms with van der Waals surface area (Å²) in [5.41, 5.74) is 7.38. The number of furan rings is 1. The Kier molecular flexibility index (Phi) is 7.44. The van der Waals surface area contributed by atoms with E-state index in [0.717, 1.165) is 17.4 Å². The van der Waals surface area contributed by atoms with E-state index in [2.05, 4.69) is 20.0 Å². The van der Waals surface area contributed by atoms with Gasteiger partial charge >= 0.3 is 4.87 Å². The Balaban J connectivity index is 1.03. The molecule has 2 aliphatic heterocycles. The number of piperazine rings is 1. The maximum Gasteiger partial charge on any atom is 0.309 e. The van der Waals surface area contributed by atoms with Gasteiger partial charge in [0.05, 0.1) is 12.0 Å². The first-order valence-corrected chi connectivity index (χ1v) is 16.3. The number of nitrogens with zero attached hydrogens (tertiary/aromatic N) is 7. The highest BCUT2D eigenvalue weighted by Gasteiger charge is 2.30. The van der Waals surface area contributed by atoms with E-state index in [0.29, 0.717) is 96.9 Å². The van der Waals surface area contributed by atoms with E-state index in [-0.39, 0.29) is 22.7 Å². The van der Waals surface area contributed by atoms with Crippen molar-refractivity contribution in [2.45, 2.75) is 25.5 Å². The third-order valence-corrected chi connectivity index (χ3v) is 10.2. The number of hydrogen-bond acceptors (Lipinski definition) is 11. The summed E-state index contributed by atoms with van der Waals surface area (Å²) in [6.07, 6.45) is 2.62. The Labute approximate surface area is 250 Å². The van der Waals surface area contributed by atoms with Gasteiger partial charge in [-0.05, 0) is 12.1 Å². The summed E-state index contributed by atoms with van der Waals surface area (Å²) in [5, 5.41) is 4.39. The van der Waals surface area contributed by atoms with Crippen LogP contribution in [0.1, 0.15) is 12.8 Å². The fourth-order valence-electron chi connectivity index (χ4n) is 5.52. The van der Waals surface area contributed by atoms with E-state index >= 15 is 0 Å². The van der Waals surface area contributed by atoms with Crippen LogP contribution in [0.2, 0.25) is 0 Å². The number of hydrogen-bond donors (Lipinski definition) is 2. The number of halogens is 2. The molecule has 0 aliphatic carbocycles. The predicted molar refractivity (Wildman–Crippen MR) is 161 cm³/mol. The number of rotatable bonds is 7. The summed E-state index contributed by atoms with van der Waals surface area (Å²) in [5.74, 6) is 0.896. The highest BCUT2D eigenvalue weighted by molar-refractivity contribution is 7.91. The first-order valence-electron chi connectivity index (χ1n) is 13.9. The van der Waals surface area contributed by atoms with Gasteiger partial charge in [0.1, 0.15) is 39.3 Å². The van der Waals surface area contributed by atoms with Crippen molar-refractivity contribution < 1.29 is 22.5 Å². The van der Waals surface area contributed by atoms with Crippen LogP contribution in [0.25, 0.3) is 27.6 Å². The molecule has 0 radical (unpaired) electrons. The zero-order valence-corrected chi connectivity index (χ0v) is 24.6. The molecule has 4 aromatic heterocycles. The molecular formula is C27H29F2N8O4S2+. The lowest BCUT2D eigenvalue weighted by atomic mass is 10.2. The van der Waals surface area contributed by atoms with Gasteiger partial charge in [0.25, 0.3) is 0 Å². The molecular weight excluding hydrogens is 602 g/mol. The fourth-order valence-corrected chi connectivity index (χ4v) is 7.73. The van der Waals surface area contributed by atoms with Crippen molar-refractivity contribution >= 4 is 50.1 Å². The van der Waals surface area contributed by atoms with Crippen molar-refractivity contribution in [3.63, 3.8) is 0 Å². The van der Waals surface area contributed by atoms with Gasteiger partial charge in [-0.3, -0.25) is 14.3 Å². The molecule has 226 valence electrons. The number of nitrogens with two attached hydrogens (primary N) is 1. The van der Waals surface area contributed by atoms with E-state index in [1.165, 1.54) is 16.8 Å². The largest absolute Gasteiger partial charge is 0.487 e. The van der Waals surface area contributed by atoms with Crippen LogP contribution in [0.3, 0.4) is 0 Å². The van der Waals surface area contributed by atoms with Crippen molar-refractivity contribution in [1.82, 2.24) is 29.0 Å². The average molecular weight is 632 g/mol. The first-order chi connectivity index (χ1) is 20.8. The lowest BCUT2D eigenvalue weighted by molar-refractivity contribution is 0.181. The standard InChI is InChI=1S/C27H29F2N8O4S2/c28-17-14-18(29)21(41-16-3-12-43(39)13-4-16)15-19(17)35-8-5-34(6-9-35)7-10-36-24-22(42-27(36)38)25-31-23(20-2-1-11-40-20)33-37(25)26(30)32-24/h1-2,11,14-16,39H,3-10,12-13H2,(H2,30,32)/q+1. The van der Waals surface area contributed by atoms with E-state index in [4.69, 9.17) is 14.9 Å². The van der Waals surface area contributed by atoms with Crippen LogP contribution < -0.4 is 20.2 Å². The second kappa shape index (κ2) is 11.4. The molecule has 1 aromatic carbocycles. The molecule has 2 saturated heterocycles. The number of benzene rings is 1. The SMILES string of the molecule is Nc1nc2c(sc(=O)n2CCN2CCN(c3cc(OC4CC[S+](O)CC4)c(F)cc3F)CC2)c2nc(-c3ccco3)nn12. The Morgan fingerprint density at radius 3 is 2.63 bits per heavy atom. The van der Waals surface area contributed by atoms with E-state index < -0.39 is 22.8 Å². The van der Waals surface area contributed by atoms with Crippen molar-refractivity contribution in [2.75, 3.05) is 54.9 Å². The molecule has 0 amide bonds. The fraction of sp³-hybridized carbons (Fsp3) is 0.407. The smallest absolute Gasteiger partial charge is 0.309 e. The average Bonchev–Trinajstić information content (AvgIpc) is 3.75. The minimum absolute atomic E-state index is 0.0390. The minimum Gasteiger partial charge on any atom is -0.487 e. The number of ether oxygens (including phenoxy) is 1. The summed E-state index contributed by atoms with van der Waals surface area (Å²) < 4.78 is 54.0. The van der Waals surface area contributed by atoms with Gasteiger partial charge in [0, 0.05) is 64.2 Å². The van der Waals surface area contributed by atoms with Crippen LogP contribution in [-0.4, -0.2) is 83.9 Å². The summed E-state index contributed by atoms with van der Waals surface area (Å²) >= 11 is 0.436. The number of anilines is 2. The Bertz CT molecular complexity index is 1830. The lowest BCUT2D eigenvalue weighted by Gasteiger charge is -2.36. The van der Waals surface area contributed by atoms with E-state index in [1.807, 2.05) is 4.90 Å². The zero-order valence-electron chi connectivity index (χ0n) is 23.0. The molecule has 0 saturated carbocycles. The quantitative estimate of drug-likeness (QED) is 0.258. The lowest BCUT2D eigenvalue weighted by Crippen LogP contribution is -2.47. The molecule has 7 rings (SSSR count). The van der Waals surface area contributed by atoms with E-state index in [9.17, 15) is 18.1 Å². The van der Waals surface area contributed by atoms with Gasteiger partial charge in [-0.2, -0.15) is 14.1 Å². The molecule has 16 heteroatoms. The van der Waals surface area contributed by atoms with Crippen molar-refractivity contribution in [3.8, 4) is 17.3 Å². The molecule has 43 heavy (non-hydrogen) atoms. The minimum atomic E-state index is -0.725. The summed E-state index contributed by atoms with van der Waals surface area (Å²) in [4.78, 5) is 25.9. The monoisotopic (exact) mass is 631 g/mol. The van der Waals surface area contributed by atoms with Crippen molar-refractivity contribution in [1.29, 1.82) is 0 Å². The summed E-state index contributed by atoms with van der Waals surface area (Å²) in [7, 11) is 0. The third kappa shape index (κ3) is 5.43. The van der Waals surface area contributed by atoms with Gasteiger partial charge in [-0.15, -0.1) is 5.10 Å². The molecule has 2 aliphatic rings. The molecule has 2 fully saturated rings. The highest BCUT2D eigenvalue weighted by atomic mass is 32.2. The normalized spacial score (nSPS) is 19.9. The second-order valence-electron chi connectivity index (χ2n) is 10.5. The van der Waals surface area contributed by atoms with Crippen LogP contribution in [0.15, 0.2) is 39.7 Å². The molecule has 0 spiro atoms. The zero-order chi connectivity index (χ0) is 29.7. The van der Waals surface area contributed by atoms with Gasteiger partial charge in [-0.1, -0.05) is 11.3 Å². The Morgan fingerprint density at radius 2 is 1.88 bits per heavy atom. The number of aromatic nitrogens is 5. The highest BCUT2D eigenvalue weighted by Crippen LogP contribution is 2.31. The number of nitrogen functional groups attached to an aromatic ring is 1. The van der Waals surface area contributed by atoms with Crippen LogP contribution in [0, 0.1) is 11.6 Å². The molecule has 12 nitrogen and oxygen atoms in total. The van der Waals surface area contributed by atoms with Crippen LogP contribution in [-0.2, 0) is 17.7 Å². The maximum atomic E-state index is 14.8. The van der Waals surface area contributed by atoms with Crippen LogP contribution in [0.5, 0.6) is 5.75 Å². The van der Waals surface area contributed by atoms with Crippen molar-refractivity contribution in [3.05, 3.63) is 51.8 Å². The molecule has 6 heterocycles. The Morgan fingerprint density at radius 1 is 1.09 bits per heavy atom. The predicted octanol–water partition coefficient (Wildman–Crippen LogP) is 3.08. The number of fused-ring (bicyclic) bond motifs is 3. The summed E-state index contributed by atoms with van der Waals surface area (Å²) in [6.45, 7) is 3.27. The third-order valence-electron chi connectivity index (χ3n) is 7.86. The topological polar surface area (TPSA) is 140 Å². The molecule has 0 atom stereocenters. The molecule has 0 bridgehead atoms. The van der Waals surface area contributed by atoms with Gasteiger partial charge in [0.15, 0.2) is 28.6 Å². The van der Waals surface area contributed by atoms with Gasteiger partial charge < -0.3 is 19.8 Å². The van der Waals surface area contributed by atoms with E-state index in [1.54, 1.807) is 16.7 Å². The number of thiazole rings is 1. The maximum absolute atomic E-state index is 14.8.